The van der Waals surface area contributed by atoms with Crippen molar-refractivity contribution in [2.75, 3.05) is 36.4 Å². The van der Waals surface area contributed by atoms with E-state index in [9.17, 15) is 18.0 Å². The van der Waals surface area contributed by atoms with Gasteiger partial charge in [-0.15, -0.1) is 0 Å². The first kappa shape index (κ1) is 24.1. The van der Waals surface area contributed by atoms with Crippen LogP contribution in [0.4, 0.5) is 30.4 Å². The average Bonchev–Trinajstić information content (AvgIpc) is 2.82. The molecular formula is C21H21F3N6O2S. The maximum atomic E-state index is 12.9. The lowest BCUT2D eigenvalue weighted by Gasteiger charge is -2.14. The number of pyridine rings is 1. The molecule has 0 radical (unpaired) electrons. The summed E-state index contributed by atoms with van der Waals surface area (Å²) < 4.78 is 44.1. The molecule has 2 aromatic heterocycles. The molecule has 0 spiro atoms. The topological polar surface area (TPSA) is 101 Å². The van der Waals surface area contributed by atoms with E-state index in [1.54, 1.807) is 19.3 Å². The summed E-state index contributed by atoms with van der Waals surface area (Å²) in [6.45, 7) is 0.327. The number of nitrogens with one attached hydrogen (secondary N) is 3. The van der Waals surface area contributed by atoms with Crippen LogP contribution in [-0.4, -0.2) is 41.3 Å². The lowest BCUT2D eigenvalue weighted by Crippen LogP contribution is -2.14. The summed E-state index contributed by atoms with van der Waals surface area (Å²) in [7, 11) is 3.20. The van der Waals surface area contributed by atoms with Gasteiger partial charge in [0.25, 0.3) is 5.91 Å². The fourth-order valence-electron chi connectivity index (χ4n) is 2.88. The molecule has 2 heterocycles. The van der Waals surface area contributed by atoms with Crippen LogP contribution in [0.1, 0.15) is 21.5 Å². The number of hydrogen-bond acceptors (Lipinski definition) is 8. The molecule has 0 saturated heterocycles. The number of rotatable bonds is 8. The molecule has 174 valence electrons. The van der Waals surface area contributed by atoms with Crippen molar-refractivity contribution in [1.82, 2.24) is 15.0 Å². The van der Waals surface area contributed by atoms with Gasteiger partial charge in [-0.05, 0) is 30.5 Å². The number of halogens is 3. The van der Waals surface area contributed by atoms with E-state index >= 15 is 0 Å². The second kappa shape index (κ2) is 10.4. The summed E-state index contributed by atoms with van der Waals surface area (Å²) in [5.74, 6) is 0.236. The molecule has 0 aliphatic rings. The number of aromatic nitrogens is 3. The molecule has 0 saturated carbocycles. The molecule has 12 heteroatoms. The second-order valence-electron chi connectivity index (χ2n) is 6.65. The first-order valence-electron chi connectivity index (χ1n) is 9.59. The number of carbonyl (C=O) groups is 1. The van der Waals surface area contributed by atoms with Crippen molar-refractivity contribution >= 4 is 34.9 Å². The molecule has 0 aliphatic carbocycles. The maximum Gasteiger partial charge on any atom is 0.416 e. The number of carbonyl (C=O) groups excluding carboxylic acids is 1. The summed E-state index contributed by atoms with van der Waals surface area (Å²) in [6, 6.07) is 5.76. The Morgan fingerprint density at radius 2 is 1.97 bits per heavy atom. The Labute approximate surface area is 192 Å². The molecule has 3 aromatic rings. The molecule has 1 aromatic carbocycles. The predicted octanol–water partition coefficient (Wildman–Crippen LogP) is 4.53. The van der Waals surface area contributed by atoms with E-state index < -0.39 is 17.6 Å². The Balaban J connectivity index is 1.78. The SMILES string of the molecule is CNc1nc(SC)ncc1CNc1cc(NC(=O)c2cccc(C(F)(F)F)c2)cnc1OC. The van der Waals surface area contributed by atoms with Crippen molar-refractivity contribution in [3.05, 3.63) is 59.4 Å². The largest absolute Gasteiger partial charge is 0.480 e. The van der Waals surface area contributed by atoms with Crippen LogP contribution >= 0.6 is 11.8 Å². The molecule has 3 N–H and O–H groups in total. The summed E-state index contributed by atoms with van der Waals surface area (Å²) in [4.78, 5) is 25.3. The number of nitrogens with zero attached hydrogens (tertiary/aromatic N) is 3. The van der Waals surface area contributed by atoms with Gasteiger partial charge in [0, 0.05) is 30.9 Å². The highest BCUT2D eigenvalue weighted by atomic mass is 32.2. The van der Waals surface area contributed by atoms with Gasteiger partial charge in [-0.1, -0.05) is 17.8 Å². The quantitative estimate of drug-likeness (QED) is 0.321. The van der Waals surface area contributed by atoms with Crippen molar-refractivity contribution in [1.29, 1.82) is 0 Å². The highest BCUT2D eigenvalue weighted by molar-refractivity contribution is 7.98. The van der Waals surface area contributed by atoms with Crippen LogP contribution in [-0.2, 0) is 12.7 Å². The van der Waals surface area contributed by atoms with E-state index in [-0.39, 0.29) is 17.1 Å². The zero-order valence-corrected chi connectivity index (χ0v) is 18.8. The fraction of sp³-hybridized carbons (Fsp3) is 0.238. The Bertz CT molecular complexity index is 1140. The van der Waals surface area contributed by atoms with Crippen LogP contribution < -0.4 is 20.7 Å². The van der Waals surface area contributed by atoms with Crippen molar-refractivity contribution in [3.63, 3.8) is 0 Å². The highest BCUT2D eigenvalue weighted by Gasteiger charge is 2.30. The van der Waals surface area contributed by atoms with Gasteiger partial charge in [0.1, 0.15) is 5.82 Å². The smallest absolute Gasteiger partial charge is 0.416 e. The molecule has 0 atom stereocenters. The summed E-state index contributed by atoms with van der Waals surface area (Å²) in [6.07, 6.45) is 0.378. The molecule has 1 amide bonds. The fourth-order valence-corrected chi connectivity index (χ4v) is 3.22. The van der Waals surface area contributed by atoms with Crippen molar-refractivity contribution in [2.24, 2.45) is 0 Å². The van der Waals surface area contributed by atoms with Gasteiger partial charge in [-0.25, -0.2) is 15.0 Å². The van der Waals surface area contributed by atoms with Crippen LogP contribution in [0.15, 0.2) is 47.9 Å². The minimum Gasteiger partial charge on any atom is -0.480 e. The number of thioether (sulfide) groups is 1. The van der Waals surface area contributed by atoms with E-state index in [4.69, 9.17) is 4.74 Å². The minimum absolute atomic E-state index is 0.125. The Hall–Kier alpha value is -3.54. The lowest BCUT2D eigenvalue weighted by atomic mass is 10.1. The van der Waals surface area contributed by atoms with Crippen LogP contribution in [0.5, 0.6) is 5.88 Å². The molecule has 0 aliphatic heterocycles. The van der Waals surface area contributed by atoms with Crippen LogP contribution in [0.2, 0.25) is 0 Å². The van der Waals surface area contributed by atoms with Crippen LogP contribution in [0, 0.1) is 0 Å². The molecular weight excluding hydrogens is 457 g/mol. The van der Waals surface area contributed by atoms with Crippen LogP contribution in [0.3, 0.4) is 0 Å². The summed E-state index contributed by atoms with van der Waals surface area (Å²) in [5.41, 5.74) is 0.509. The standard InChI is InChI=1S/C21H21F3N6O2S/c1-25-17-13(10-28-20(30-17)33-3)9-26-16-8-15(11-27-19(16)32-2)29-18(31)12-5-4-6-14(7-12)21(22,23)24/h4-8,10-11,26H,9H2,1-3H3,(H,29,31)(H,25,28,30). The predicted molar refractivity (Wildman–Crippen MR) is 121 cm³/mol. The van der Waals surface area contributed by atoms with Gasteiger partial charge in [0.05, 0.1) is 30.2 Å². The van der Waals surface area contributed by atoms with E-state index in [0.29, 0.717) is 23.2 Å². The first-order valence-corrected chi connectivity index (χ1v) is 10.8. The lowest BCUT2D eigenvalue weighted by molar-refractivity contribution is -0.137. The van der Waals surface area contributed by atoms with Gasteiger partial charge < -0.3 is 20.7 Å². The normalized spacial score (nSPS) is 11.1. The molecule has 3 rings (SSSR count). The maximum absolute atomic E-state index is 12.9. The molecule has 0 fully saturated rings. The Morgan fingerprint density at radius 3 is 2.64 bits per heavy atom. The van der Waals surface area contributed by atoms with E-state index in [1.165, 1.54) is 37.2 Å². The minimum atomic E-state index is -4.54. The zero-order valence-electron chi connectivity index (χ0n) is 17.9. The average molecular weight is 479 g/mol. The number of hydrogen-bond donors (Lipinski definition) is 3. The third kappa shape index (κ3) is 6.04. The summed E-state index contributed by atoms with van der Waals surface area (Å²) >= 11 is 1.42. The van der Waals surface area contributed by atoms with Crippen molar-refractivity contribution in [3.8, 4) is 5.88 Å². The van der Waals surface area contributed by atoms with Gasteiger partial charge in [-0.3, -0.25) is 4.79 Å². The molecule has 0 unspecified atom stereocenters. The Kier molecular flexibility index (Phi) is 7.59. The number of benzene rings is 1. The third-order valence-corrected chi connectivity index (χ3v) is 5.05. The molecule has 33 heavy (non-hydrogen) atoms. The number of methoxy groups -OCH3 is 1. The van der Waals surface area contributed by atoms with E-state index in [1.807, 2.05) is 6.26 Å². The Morgan fingerprint density at radius 1 is 1.18 bits per heavy atom. The third-order valence-electron chi connectivity index (χ3n) is 4.49. The monoisotopic (exact) mass is 478 g/mol. The van der Waals surface area contributed by atoms with E-state index in [2.05, 4.69) is 30.9 Å². The number of amides is 1. The number of ether oxygens (including phenoxy) is 1. The number of anilines is 3. The van der Waals surface area contributed by atoms with Crippen LogP contribution in [0.25, 0.3) is 0 Å². The summed E-state index contributed by atoms with van der Waals surface area (Å²) in [5, 5.41) is 9.37. The van der Waals surface area contributed by atoms with Crippen molar-refractivity contribution in [2.45, 2.75) is 17.9 Å². The van der Waals surface area contributed by atoms with Gasteiger partial charge >= 0.3 is 6.18 Å². The van der Waals surface area contributed by atoms with Gasteiger partial charge in [0.2, 0.25) is 5.88 Å². The number of alkyl halides is 3. The van der Waals surface area contributed by atoms with Gasteiger partial charge in [0.15, 0.2) is 5.16 Å². The molecule has 0 bridgehead atoms. The van der Waals surface area contributed by atoms with Gasteiger partial charge in [-0.2, -0.15) is 13.2 Å². The first-order chi connectivity index (χ1) is 15.7. The highest BCUT2D eigenvalue weighted by Crippen LogP contribution is 2.30. The molecule has 8 nitrogen and oxygen atoms in total. The zero-order chi connectivity index (χ0) is 24.0. The second-order valence-corrected chi connectivity index (χ2v) is 7.42. The van der Waals surface area contributed by atoms with E-state index in [0.717, 1.165) is 17.7 Å². The van der Waals surface area contributed by atoms with Crippen molar-refractivity contribution < 1.29 is 22.7 Å².